The normalized spacial score (nSPS) is 28.4. The van der Waals surface area contributed by atoms with E-state index in [0.29, 0.717) is 12.8 Å². The number of carbonyl (C=O) groups excluding carboxylic acids is 1. The third kappa shape index (κ3) is 7.32. The number of rotatable bonds is 11. The molecule has 0 unspecified atom stereocenters. The second-order valence-corrected chi connectivity index (χ2v) is 6.88. The van der Waals surface area contributed by atoms with E-state index >= 15 is 0 Å². The molecular weight excluding hydrogens is 308 g/mol. The highest BCUT2D eigenvalue weighted by Gasteiger charge is 2.39. The van der Waals surface area contributed by atoms with E-state index in [4.69, 9.17) is 0 Å². The summed E-state index contributed by atoms with van der Waals surface area (Å²) in [4.78, 5) is 11.1. The molecule has 0 amide bonds. The third-order valence-electron chi connectivity index (χ3n) is 4.97. The van der Waals surface area contributed by atoms with Crippen LogP contribution in [0.15, 0.2) is 12.2 Å². The van der Waals surface area contributed by atoms with E-state index in [1.165, 1.54) is 7.11 Å². The van der Waals surface area contributed by atoms with E-state index in [9.17, 15) is 20.1 Å². The Balaban J connectivity index is 2.45. The first-order chi connectivity index (χ1) is 11.5. The standard InChI is InChI=1S/C19H34O5/c1-3-4-5-8-14(20)11-12-16-15(17(21)13-18(16)22)9-6-7-10-19(23)24-2/h11-12,14-18,20-22H,3-10,13H2,1-2H3/b12-11+/t14-,15+,16-,17-,18+/m0/s1. The average Bonchev–Trinajstić information content (AvgIpc) is 2.82. The van der Waals surface area contributed by atoms with E-state index in [1.807, 2.05) is 6.08 Å². The minimum absolute atomic E-state index is 0.0169. The molecule has 0 aliphatic heterocycles. The summed E-state index contributed by atoms with van der Waals surface area (Å²) in [6, 6.07) is 0. The molecule has 0 spiro atoms. The van der Waals surface area contributed by atoms with Gasteiger partial charge >= 0.3 is 5.97 Å². The molecule has 1 aliphatic carbocycles. The minimum Gasteiger partial charge on any atom is -0.469 e. The summed E-state index contributed by atoms with van der Waals surface area (Å²) < 4.78 is 4.62. The molecule has 0 aromatic rings. The Bertz CT molecular complexity index is 382. The molecule has 0 radical (unpaired) electrons. The molecule has 0 saturated heterocycles. The lowest BCUT2D eigenvalue weighted by Gasteiger charge is -2.21. The fourth-order valence-corrected chi connectivity index (χ4v) is 3.48. The number of hydrogen-bond donors (Lipinski definition) is 3. The van der Waals surface area contributed by atoms with Crippen molar-refractivity contribution in [2.75, 3.05) is 7.11 Å². The minimum atomic E-state index is -0.565. The van der Waals surface area contributed by atoms with Gasteiger partial charge in [-0.1, -0.05) is 44.8 Å². The molecular formula is C19H34O5. The average molecular weight is 342 g/mol. The molecule has 3 N–H and O–H groups in total. The molecule has 0 bridgehead atoms. The Labute approximate surface area is 145 Å². The zero-order valence-electron chi connectivity index (χ0n) is 15.1. The molecule has 5 heteroatoms. The Kier molecular flexibility index (Phi) is 10.2. The van der Waals surface area contributed by atoms with Crippen LogP contribution < -0.4 is 0 Å². The van der Waals surface area contributed by atoms with E-state index in [-0.39, 0.29) is 17.8 Å². The van der Waals surface area contributed by atoms with Gasteiger partial charge in [0.15, 0.2) is 0 Å². The van der Waals surface area contributed by atoms with Gasteiger partial charge in [-0.3, -0.25) is 4.79 Å². The molecule has 0 aromatic carbocycles. The van der Waals surface area contributed by atoms with Crippen molar-refractivity contribution >= 4 is 5.97 Å². The molecule has 0 heterocycles. The Morgan fingerprint density at radius 2 is 1.96 bits per heavy atom. The highest BCUT2D eigenvalue weighted by atomic mass is 16.5. The largest absolute Gasteiger partial charge is 0.469 e. The second kappa shape index (κ2) is 11.6. The molecule has 5 atom stereocenters. The van der Waals surface area contributed by atoms with Crippen molar-refractivity contribution in [1.82, 2.24) is 0 Å². The molecule has 1 aliphatic rings. The number of carbonyl (C=O) groups is 1. The highest BCUT2D eigenvalue weighted by molar-refractivity contribution is 5.68. The monoisotopic (exact) mass is 342 g/mol. The summed E-state index contributed by atoms with van der Waals surface area (Å²) in [6.07, 6.45) is 9.10. The summed E-state index contributed by atoms with van der Waals surface area (Å²) in [5.41, 5.74) is 0. The first-order valence-corrected chi connectivity index (χ1v) is 9.28. The van der Waals surface area contributed by atoms with Gasteiger partial charge in [0.05, 0.1) is 25.4 Å². The second-order valence-electron chi connectivity index (χ2n) is 6.88. The van der Waals surface area contributed by atoms with Crippen molar-refractivity contribution in [3.63, 3.8) is 0 Å². The maximum Gasteiger partial charge on any atom is 0.305 e. The number of hydrogen-bond acceptors (Lipinski definition) is 5. The van der Waals surface area contributed by atoms with Crippen LogP contribution in [0.4, 0.5) is 0 Å². The molecule has 5 nitrogen and oxygen atoms in total. The van der Waals surface area contributed by atoms with Gasteiger partial charge in [-0.25, -0.2) is 0 Å². The first kappa shape index (κ1) is 21.1. The van der Waals surface area contributed by atoms with Crippen LogP contribution in [-0.4, -0.2) is 46.7 Å². The fourth-order valence-electron chi connectivity index (χ4n) is 3.48. The zero-order valence-corrected chi connectivity index (χ0v) is 15.1. The summed E-state index contributed by atoms with van der Waals surface area (Å²) in [6.45, 7) is 2.13. The van der Waals surface area contributed by atoms with Gasteiger partial charge in [0.2, 0.25) is 0 Å². The zero-order chi connectivity index (χ0) is 17.9. The van der Waals surface area contributed by atoms with Gasteiger partial charge in [0.25, 0.3) is 0 Å². The lowest BCUT2D eigenvalue weighted by atomic mass is 9.88. The van der Waals surface area contributed by atoms with Crippen LogP contribution in [0.2, 0.25) is 0 Å². The fraction of sp³-hybridized carbons (Fsp3) is 0.842. The topological polar surface area (TPSA) is 87.0 Å². The van der Waals surface area contributed by atoms with Crippen LogP contribution in [-0.2, 0) is 9.53 Å². The van der Waals surface area contributed by atoms with Gasteiger partial charge in [-0.15, -0.1) is 0 Å². The van der Waals surface area contributed by atoms with Gasteiger partial charge in [-0.05, 0) is 25.2 Å². The maximum atomic E-state index is 11.1. The van der Waals surface area contributed by atoms with Crippen LogP contribution in [0.25, 0.3) is 0 Å². The number of aliphatic hydroxyl groups excluding tert-OH is 3. The van der Waals surface area contributed by atoms with E-state index in [1.54, 1.807) is 6.08 Å². The maximum absolute atomic E-state index is 11.1. The number of methoxy groups -OCH3 is 1. The molecule has 0 aromatic heterocycles. The van der Waals surface area contributed by atoms with Gasteiger partial charge in [0, 0.05) is 18.8 Å². The summed E-state index contributed by atoms with van der Waals surface area (Å²) in [7, 11) is 1.38. The first-order valence-electron chi connectivity index (χ1n) is 9.28. The molecule has 1 saturated carbocycles. The van der Waals surface area contributed by atoms with Crippen LogP contribution in [0.3, 0.4) is 0 Å². The predicted molar refractivity (Wildman–Crippen MR) is 93.4 cm³/mol. The molecule has 24 heavy (non-hydrogen) atoms. The summed E-state index contributed by atoms with van der Waals surface area (Å²) in [5, 5.41) is 30.3. The van der Waals surface area contributed by atoms with Gasteiger partial charge < -0.3 is 20.1 Å². The lowest BCUT2D eigenvalue weighted by molar-refractivity contribution is -0.140. The van der Waals surface area contributed by atoms with Crippen LogP contribution in [0.5, 0.6) is 0 Å². The summed E-state index contributed by atoms with van der Waals surface area (Å²) >= 11 is 0. The molecule has 1 fully saturated rings. The predicted octanol–water partition coefficient (Wildman–Crippen LogP) is 2.58. The van der Waals surface area contributed by atoms with Gasteiger partial charge in [0.1, 0.15) is 0 Å². The van der Waals surface area contributed by atoms with Crippen molar-refractivity contribution in [3.05, 3.63) is 12.2 Å². The highest BCUT2D eigenvalue weighted by Crippen LogP contribution is 2.37. The van der Waals surface area contributed by atoms with E-state index in [0.717, 1.165) is 44.9 Å². The number of unbranched alkanes of at least 4 members (excludes halogenated alkanes) is 3. The number of ether oxygens (including phenoxy) is 1. The quantitative estimate of drug-likeness (QED) is 0.305. The van der Waals surface area contributed by atoms with Crippen molar-refractivity contribution in [1.29, 1.82) is 0 Å². The molecule has 140 valence electrons. The van der Waals surface area contributed by atoms with Crippen molar-refractivity contribution in [3.8, 4) is 0 Å². The van der Waals surface area contributed by atoms with Crippen LogP contribution >= 0.6 is 0 Å². The van der Waals surface area contributed by atoms with Crippen LogP contribution in [0.1, 0.15) is 64.7 Å². The van der Waals surface area contributed by atoms with Crippen LogP contribution in [0, 0.1) is 11.8 Å². The SMILES string of the molecule is CCCCC[C@H](O)/C=C/[C@H]1[C@@H](CCCCC(=O)OC)[C@@H](O)C[C@H]1O. The van der Waals surface area contributed by atoms with Gasteiger partial charge in [-0.2, -0.15) is 0 Å². The van der Waals surface area contributed by atoms with E-state index < -0.39 is 18.3 Å². The Hall–Kier alpha value is -0.910. The van der Waals surface area contributed by atoms with Crippen molar-refractivity contribution in [2.24, 2.45) is 11.8 Å². The number of esters is 1. The smallest absolute Gasteiger partial charge is 0.305 e. The lowest BCUT2D eigenvalue weighted by Crippen LogP contribution is -2.21. The van der Waals surface area contributed by atoms with E-state index in [2.05, 4.69) is 11.7 Å². The Morgan fingerprint density at radius 3 is 2.62 bits per heavy atom. The number of aliphatic hydroxyl groups is 3. The Morgan fingerprint density at radius 1 is 1.21 bits per heavy atom. The summed E-state index contributed by atoms with van der Waals surface area (Å²) in [5.74, 6) is -0.357. The molecule has 1 rings (SSSR count). The van der Waals surface area contributed by atoms with Crippen molar-refractivity contribution < 1.29 is 24.9 Å². The van der Waals surface area contributed by atoms with Crippen molar-refractivity contribution in [2.45, 2.75) is 83.0 Å². The third-order valence-corrected chi connectivity index (χ3v) is 4.97.